The van der Waals surface area contributed by atoms with Crippen molar-refractivity contribution in [1.82, 2.24) is 25.2 Å². The van der Waals surface area contributed by atoms with Crippen LogP contribution in [0.3, 0.4) is 0 Å². The van der Waals surface area contributed by atoms with Crippen LogP contribution >= 0.6 is 0 Å². The summed E-state index contributed by atoms with van der Waals surface area (Å²) in [6.45, 7) is 0.431. The molecule has 16 heteroatoms. The zero-order valence-corrected chi connectivity index (χ0v) is 31.4. The molecular weight excluding hydrogens is 729 g/mol. The quantitative estimate of drug-likeness (QED) is 0.139. The number of guanidine groups is 1. The van der Waals surface area contributed by atoms with Crippen molar-refractivity contribution in [2.45, 2.75) is 63.2 Å². The molecule has 294 valence electrons. The Morgan fingerprint density at radius 2 is 1.44 bits per heavy atom. The van der Waals surface area contributed by atoms with E-state index in [1.807, 2.05) is 60.7 Å². The van der Waals surface area contributed by atoms with E-state index in [9.17, 15) is 32.7 Å². The maximum absolute atomic E-state index is 13.2. The number of aliphatic imine (C=N–C) groups is 1. The highest BCUT2D eigenvalue weighted by molar-refractivity contribution is 7.88. The molecular formula is C39H48N6O9S. The molecule has 3 aromatic rings. The Balaban J connectivity index is 1.16. The molecule has 2 aliphatic rings. The second-order valence-corrected chi connectivity index (χ2v) is 15.4. The molecule has 2 heterocycles. The number of rotatable bonds is 14. The Hall–Kier alpha value is -5.32. The SMILES string of the molecule is O=C(CN1CCCC(NS(=O)(=O)Cc2ccccc2)C1=O)NC(CO)CC1CCCN(/C(=N/C(=O)OCc2ccccc2)NC(=O)OCc2ccccc2)C1. The van der Waals surface area contributed by atoms with Gasteiger partial charge in [-0.1, -0.05) is 91.0 Å². The highest BCUT2D eigenvalue weighted by Crippen LogP contribution is 2.22. The molecule has 0 bridgehead atoms. The number of likely N-dealkylation sites (tertiary alicyclic amines) is 2. The van der Waals surface area contributed by atoms with Gasteiger partial charge in [-0.3, -0.25) is 14.9 Å². The van der Waals surface area contributed by atoms with Crippen LogP contribution < -0.4 is 15.4 Å². The van der Waals surface area contributed by atoms with Gasteiger partial charge >= 0.3 is 12.2 Å². The Labute approximate surface area is 321 Å². The van der Waals surface area contributed by atoms with E-state index in [1.54, 1.807) is 35.2 Å². The largest absolute Gasteiger partial charge is 0.444 e. The fourth-order valence-electron chi connectivity index (χ4n) is 6.60. The zero-order chi connectivity index (χ0) is 39.0. The molecule has 2 fully saturated rings. The van der Waals surface area contributed by atoms with Crippen LogP contribution in [-0.2, 0) is 48.1 Å². The Bertz CT molecular complexity index is 1870. The maximum atomic E-state index is 13.2. The number of carbonyl (C=O) groups is 4. The molecule has 3 atom stereocenters. The second kappa shape index (κ2) is 20.4. The standard InChI is InChI=1S/C39H48N6O9S/c46-25-33(40-35(47)24-44-20-11-19-34(36(44)48)43-55(51,52)28-31-16-8-3-9-17-31)22-32-18-10-21-45(23-32)37(41-38(49)53-26-29-12-4-1-5-13-29)42-39(50)54-27-30-14-6-2-7-15-30/h1-9,12-17,32-34,43,46H,10-11,18-28H2,(H,40,47)(H,41,42,49,50). The topological polar surface area (TPSA) is 196 Å². The number of sulfonamides is 1. The molecule has 5 rings (SSSR count). The number of aliphatic hydroxyl groups is 1. The van der Waals surface area contributed by atoms with E-state index in [-0.39, 0.29) is 44.0 Å². The van der Waals surface area contributed by atoms with Gasteiger partial charge in [0.25, 0.3) is 0 Å². The van der Waals surface area contributed by atoms with E-state index >= 15 is 0 Å². The van der Waals surface area contributed by atoms with Gasteiger partial charge in [-0.15, -0.1) is 4.99 Å². The highest BCUT2D eigenvalue weighted by atomic mass is 32.2. The van der Waals surface area contributed by atoms with Gasteiger partial charge in [0.2, 0.25) is 27.8 Å². The number of alkyl carbamates (subject to hydrolysis) is 1. The Morgan fingerprint density at radius 1 is 0.836 bits per heavy atom. The third kappa shape index (κ3) is 13.5. The average molecular weight is 777 g/mol. The summed E-state index contributed by atoms with van der Waals surface area (Å²) in [7, 11) is -3.81. The first-order valence-electron chi connectivity index (χ1n) is 18.3. The van der Waals surface area contributed by atoms with Crippen molar-refractivity contribution in [3.8, 4) is 0 Å². The Morgan fingerprint density at radius 3 is 2.07 bits per heavy atom. The van der Waals surface area contributed by atoms with Gasteiger partial charge in [-0.2, -0.15) is 0 Å². The van der Waals surface area contributed by atoms with Crippen LogP contribution in [0.4, 0.5) is 9.59 Å². The Kier molecular flexibility index (Phi) is 15.1. The minimum Gasteiger partial charge on any atom is -0.444 e. The predicted octanol–water partition coefficient (Wildman–Crippen LogP) is 3.30. The number of nitrogens with zero attached hydrogens (tertiary/aromatic N) is 3. The number of aliphatic hydroxyl groups excluding tert-OH is 1. The van der Waals surface area contributed by atoms with Crippen molar-refractivity contribution in [2.75, 3.05) is 32.8 Å². The normalized spacial score (nSPS) is 18.3. The van der Waals surface area contributed by atoms with Gasteiger partial charge < -0.3 is 29.7 Å². The molecule has 55 heavy (non-hydrogen) atoms. The summed E-state index contributed by atoms with van der Waals surface area (Å²) in [6.07, 6.45) is 0.887. The third-order valence-electron chi connectivity index (χ3n) is 9.24. The summed E-state index contributed by atoms with van der Waals surface area (Å²) in [5.41, 5.74) is 2.14. The molecule has 0 saturated carbocycles. The summed E-state index contributed by atoms with van der Waals surface area (Å²) >= 11 is 0. The molecule has 15 nitrogen and oxygen atoms in total. The fraction of sp³-hybridized carbons (Fsp3) is 0.410. The minimum absolute atomic E-state index is 0.00641. The lowest BCUT2D eigenvalue weighted by Crippen LogP contribution is -2.55. The average Bonchev–Trinajstić information content (AvgIpc) is 3.18. The van der Waals surface area contributed by atoms with Gasteiger partial charge in [-0.25, -0.2) is 22.7 Å². The van der Waals surface area contributed by atoms with Crippen molar-refractivity contribution in [3.05, 3.63) is 108 Å². The van der Waals surface area contributed by atoms with Gasteiger partial charge in [0, 0.05) is 19.6 Å². The van der Waals surface area contributed by atoms with Crippen molar-refractivity contribution >= 4 is 40.0 Å². The molecule has 0 aromatic heterocycles. The molecule has 0 spiro atoms. The lowest BCUT2D eigenvalue weighted by molar-refractivity contribution is -0.139. The fourth-order valence-corrected chi connectivity index (χ4v) is 7.97. The first kappa shape index (κ1) is 40.9. The molecule has 2 aliphatic heterocycles. The van der Waals surface area contributed by atoms with Crippen LogP contribution in [0.5, 0.6) is 0 Å². The maximum Gasteiger partial charge on any atom is 0.437 e. The number of ether oxygens (including phenoxy) is 2. The van der Waals surface area contributed by atoms with E-state index in [0.717, 1.165) is 17.5 Å². The molecule has 2 saturated heterocycles. The van der Waals surface area contributed by atoms with Crippen LogP contribution in [0.2, 0.25) is 0 Å². The molecule has 0 radical (unpaired) electrons. The monoisotopic (exact) mass is 776 g/mol. The molecule has 4 N–H and O–H groups in total. The van der Waals surface area contributed by atoms with Gasteiger partial charge in [0.15, 0.2) is 0 Å². The van der Waals surface area contributed by atoms with Crippen LogP contribution in [-0.4, -0.2) is 98.2 Å². The molecule has 0 aliphatic carbocycles. The number of nitrogens with one attached hydrogen (secondary N) is 3. The van der Waals surface area contributed by atoms with Crippen molar-refractivity contribution < 1.29 is 42.2 Å². The number of piperidine rings is 2. The molecule has 3 aromatic carbocycles. The minimum atomic E-state index is -3.81. The van der Waals surface area contributed by atoms with Crippen LogP contribution in [0, 0.1) is 5.92 Å². The smallest absolute Gasteiger partial charge is 0.437 e. The van der Waals surface area contributed by atoms with E-state index < -0.39 is 46.1 Å². The zero-order valence-electron chi connectivity index (χ0n) is 30.5. The first-order valence-corrected chi connectivity index (χ1v) is 20.0. The number of carbonyl (C=O) groups excluding carboxylic acids is 4. The van der Waals surface area contributed by atoms with E-state index in [2.05, 4.69) is 20.3 Å². The van der Waals surface area contributed by atoms with Crippen molar-refractivity contribution in [3.63, 3.8) is 0 Å². The van der Waals surface area contributed by atoms with Crippen LogP contribution in [0.25, 0.3) is 0 Å². The number of hydrogen-bond donors (Lipinski definition) is 4. The summed E-state index contributed by atoms with van der Waals surface area (Å²) in [4.78, 5) is 59.2. The third-order valence-corrected chi connectivity index (χ3v) is 10.6. The summed E-state index contributed by atoms with van der Waals surface area (Å²) in [5, 5.41) is 15.6. The van der Waals surface area contributed by atoms with E-state index in [4.69, 9.17) is 9.47 Å². The summed E-state index contributed by atoms with van der Waals surface area (Å²) in [6, 6.07) is 25.2. The van der Waals surface area contributed by atoms with Gasteiger partial charge in [-0.05, 0) is 54.7 Å². The van der Waals surface area contributed by atoms with Gasteiger partial charge in [0.1, 0.15) is 19.3 Å². The first-order chi connectivity index (χ1) is 26.6. The predicted molar refractivity (Wildman–Crippen MR) is 204 cm³/mol. The molecule has 3 unspecified atom stereocenters. The molecule has 4 amide bonds. The number of amides is 4. The van der Waals surface area contributed by atoms with E-state index in [0.29, 0.717) is 50.9 Å². The lowest BCUT2D eigenvalue weighted by Gasteiger charge is -2.36. The number of hydrogen-bond acceptors (Lipinski definition) is 9. The van der Waals surface area contributed by atoms with Crippen molar-refractivity contribution in [2.24, 2.45) is 10.9 Å². The van der Waals surface area contributed by atoms with Crippen molar-refractivity contribution in [1.29, 1.82) is 0 Å². The van der Waals surface area contributed by atoms with Crippen LogP contribution in [0.15, 0.2) is 96.0 Å². The van der Waals surface area contributed by atoms with E-state index in [1.165, 1.54) is 4.90 Å². The lowest BCUT2D eigenvalue weighted by atomic mass is 9.91. The second-order valence-electron chi connectivity index (χ2n) is 13.6. The number of benzene rings is 3. The van der Waals surface area contributed by atoms with Crippen LogP contribution in [0.1, 0.15) is 48.8 Å². The summed E-state index contributed by atoms with van der Waals surface area (Å²) < 4.78 is 38.8. The van der Waals surface area contributed by atoms with Gasteiger partial charge in [0.05, 0.1) is 24.9 Å². The highest BCUT2D eigenvalue weighted by Gasteiger charge is 2.34. The summed E-state index contributed by atoms with van der Waals surface area (Å²) in [5.74, 6) is -1.36.